The lowest BCUT2D eigenvalue weighted by Crippen LogP contribution is -2.45. The topological polar surface area (TPSA) is 64.4 Å². The number of aryl methyl sites for hydroxylation is 2. The van der Waals surface area contributed by atoms with Gasteiger partial charge in [0.2, 0.25) is 5.91 Å². The van der Waals surface area contributed by atoms with Crippen LogP contribution in [0.3, 0.4) is 0 Å². The minimum absolute atomic E-state index is 0.000132. The van der Waals surface area contributed by atoms with E-state index in [9.17, 15) is 9.59 Å². The molecule has 2 saturated heterocycles. The molecule has 1 amide bonds. The monoisotopic (exact) mass is 361 g/mol. The molecule has 0 N–H and O–H groups in total. The van der Waals surface area contributed by atoms with Crippen molar-refractivity contribution in [3.8, 4) is 0 Å². The van der Waals surface area contributed by atoms with E-state index in [1.54, 1.807) is 0 Å². The number of rotatable bonds is 6. The molecule has 1 aromatic rings. The van der Waals surface area contributed by atoms with E-state index >= 15 is 0 Å². The first-order valence-corrected chi connectivity index (χ1v) is 9.83. The Kier molecular flexibility index (Phi) is 5.13. The van der Waals surface area contributed by atoms with E-state index in [2.05, 4.69) is 5.10 Å². The Bertz CT molecular complexity index is 711. The zero-order valence-corrected chi connectivity index (χ0v) is 16.7. The number of carbonyl (C=O) groups is 2. The van der Waals surface area contributed by atoms with E-state index in [0.717, 1.165) is 37.1 Å². The third kappa shape index (κ3) is 2.83. The number of ether oxygens (including phenoxy) is 1. The third-order valence-corrected chi connectivity index (χ3v) is 6.59. The second kappa shape index (κ2) is 7.05. The highest BCUT2D eigenvalue weighted by atomic mass is 16.5. The van der Waals surface area contributed by atoms with Crippen molar-refractivity contribution < 1.29 is 14.3 Å². The Morgan fingerprint density at radius 3 is 2.58 bits per heavy atom. The largest absolute Gasteiger partial charge is 0.466 e. The van der Waals surface area contributed by atoms with Crippen LogP contribution in [0.5, 0.6) is 0 Å². The van der Waals surface area contributed by atoms with Crippen LogP contribution < -0.4 is 0 Å². The van der Waals surface area contributed by atoms with Crippen LogP contribution in [0.2, 0.25) is 0 Å². The Balaban J connectivity index is 1.73. The van der Waals surface area contributed by atoms with Crippen LogP contribution in [0.4, 0.5) is 0 Å². The number of hydrogen-bond donors (Lipinski definition) is 0. The maximum absolute atomic E-state index is 13.0. The molecule has 6 nitrogen and oxygen atoms in total. The molecule has 0 unspecified atom stereocenters. The molecule has 0 aromatic carbocycles. The first-order chi connectivity index (χ1) is 12.4. The van der Waals surface area contributed by atoms with Crippen molar-refractivity contribution in [3.63, 3.8) is 0 Å². The van der Waals surface area contributed by atoms with Crippen LogP contribution in [0.1, 0.15) is 62.9 Å². The molecule has 6 heteroatoms. The van der Waals surface area contributed by atoms with Gasteiger partial charge in [-0.2, -0.15) is 5.10 Å². The number of nitrogens with zero attached hydrogens (tertiary/aromatic N) is 3. The Hall–Kier alpha value is -1.85. The van der Waals surface area contributed by atoms with Gasteiger partial charge in [-0.05, 0) is 58.4 Å². The summed E-state index contributed by atoms with van der Waals surface area (Å²) in [4.78, 5) is 27.7. The quantitative estimate of drug-likeness (QED) is 0.731. The van der Waals surface area contributed by atoms with E-state index in [0.29, 0.717) is 19.4 Å². The lowest BCUT2D eigenvalue weighted by molar-refractivity contribution is -0.158. The number of amides is 1. The van der Waals surface area contributed by atoms with Gasteiger partial charge in [0.25, 0.3) is 0 Å². The van der Waals surface area contributed by atoms with Gasteiger partial charge in [-0.3, -0.25) is 14.3 Å². The van der Waals surface area contributed by atoms with Crippen molar-refractivity contribution in [3.05, 3.63) is 17.0 Å². The number of hydrogen-bond acceptors (Lipinski definition) is 4. The van der Waals surface area contributed by atoms with E-state index in [1.807, 2.05) is 44.3 Å². The van der Waals surface area contributed by atoms with Crippen LogP contribution in [0.15, 0.2) is 0 Å². The summed E-state index contributed by atoms with van der Waals surface area (Å²) in [6.07, 6.45) is 4.58. The highest BCUT2D eigenvalue weighted by molar-refractivity contribution is 5.83. The molecule has 3 rings (SSSR count). The molecule has 0 aliphatic carbocycles. The van der Waals surface area contributed by atoms with Crippen molar-refractivity contribution in [1.82, 2.24) is 14.7 Å². The second-order valence-corrected chi connectivity index (χ2v) is 7.76. The van der Waals surface area contributed by atoms with E-state index in [-0.39, 0.29) is 24.0 Å². The van der Waals surface area contributed by atoms with Gasteiger partial charge in [-0.25, -0.2) is 0 Å². The van der Waals surface area contributed by atoms with E-state index < -0.39 is 5.41 Å². The molecule has 1 aromatic heterocycles. The molecule has 0 saturated carbocycles. The van der Waals surface area contributed by atoms with Crippen molar-refractivity contribution in [2.24, 2.45) is 12.5 Å². The molecule has 3 heterocycles. The molecular formula is C20H31N3O3. The highest BCUT2D eigenvalue weighted by Gasteiger charge is 2.60. The predicted molar refractivity (Wildman–Crippen MR) is 98.6 cm³/mol. The van der Waals surface area contributed by atoms with Crippen LogP contribution in [-0.2, 0) is 27.8 Å². The van der Waals surface area contributed by atoms with Crippen LogP contribution >= 0.6 is 0 Å². The molecule has 2 aliphatic rings. The lowest BCUT2D eigenvalue weighted by Gasteiger charge is -2.34. The Morgan fingerprint density at radius 1 is 1.27 bits per heavy atom. The summed E-state index contributed by atoms with van der Waals surface area (Å²) >= 11 is 0. The maximum Gasteiger partial charge on any atom is 0.314 e. The number of carbonyl (C=O) groups excluding carboxylic acids is 2. The first kappa shape index (κ1) is 18.9. The molecule has 144 valence electrons. The normalized spacial score (nSPS) is 27.2. The summed E-state index contributed by atoms with van der Waals surface area (Å²) in [6, 6.07) is 0.188. The predicted octanol–water partition coefficient (Wildman–Crippen LogP) is 2.69. The maximum atomic E-state index is 13.0. The van der Waals surface area contributed by atoms with Gasteiger partial charge >= 0.3 is 5.97 Å². The van der Waals surface area contributed by atoms with Crippen molar-refractivity contribution >= 4 is 11.9 Å². The Labute approximate surface area is 155 Å². The van der Waals surface area contributed by atoms with Gasteiger partial charge in [0, 0.05) is 31.2 Å². The summed E-state index contributed by atoms with van der Waals surface area (Å²) in [7, 11) is 1.93. The molecule has 0 radical (unpaired) electrons. The lowest BCUT2D eigenvalue weighted by atomic mass is 9.72. The number of fused-ring (bicyclic) bond motifs is 2. The fourth-order valence-corrected chi connectivity index (χ4v) is 5.12. The molecule has 26 heavy (non-hydrogen) atoms. The highest BCUT2D eigenvalue weighted by Crippen LogP contribution is 2.52. The summed E-state index contributed by atoms with van der Waals surface area (Å²) in [5.74, 6) is 0.0474. The van der Waals surface area contributed by atoms with Crippen LogP contribution in [0.25, 0.3) is 0 Å². The minimum atomic E-state index is -0.505. The van der Waals surface area contributed by atoms with Gasteiger partial charge in [-0.15, -0.1) is 0 Å². The van der Waals surface area contributed by atoms with Crippen LogP contribution in [-0.4, -0.2) is 45.2 Å². The summed E-state index contributed by atoms with van der Waals surface area (Å²) < 4.78 is 7.25. The molecule has 0 spiro atoms. The summed E-state index contributed by atoms with van der Waals surface area (Å²) in [5, 5.41) is 4.44. The fraction of sp³-hybridized carbons (Fsp3) is 0.750. The van der Waals surface area contributed by atoms with Crippen molar-refractivity contribution in [2.45, 2.75) is 78.3 Å². The average Bonchev–Trinajstić information content (AvgIpc) is 3.24. The molecule has 2 fully saturated rings. The van der Waals surface area contributed by atoms with Crippen LogP contribution in [0, 0.1) is 19.3 Å². The van der Waals surface area contributed by atoms with Gasteiger partial charge in [0.15, 0.2) is 0 Å². The van der Waals surface area contributed by atoms with Crippen molar-refractivity contribution in [2.75, 3.05) is 6.61 Å². The molecule has 3 atom stereocenters. The summed E-state index contributed by atoms with van der Waals surface area (Å²) in [6.45, 7) is 8.32. The SMILES string of the molecule is CCOC(=O)[C@@]1(CC)C[C@H]2CC[C@@H]1N2C(=O)CCc1c(C)nn(C)c1C. The van der Waals surface area contributed by atoms with E-state index in [1.165, 1.54) is 5.56 Å². The number of esters is 1. The smallest absolute Gasteiger partial charge is 0.314 e. The van der Waals surface area contributed by atoms with Gasteiger partial charge in [0.05, 0.1) is 17.7 Å². The Morgan fingerprint density at radius 2 is 2.00 bits per heavy atom. The molecule has 2 bridgehead atoms. The number of aromatic nitrogens is 2. The van der Waals surface area contributed by atoms with Gasteiger partial charge < -0.3 is 9.64 Å². The zero-order valence-electron chi connectivity index (χ0n) is 16.7. The van der Waals surface area contributed by atoms with E-state index in [4.69, 9.17) is 4.74 Å². The fourth-order valence-electron chi connectivity index (χ4n) is 5.12. The average molecular weight is 361 g/mol. The molecule has 2 aliphatic heterocycles. The first-order valence-electron chi connectivity index (χ1n) is 9.83. The van der Waals surface area contributed by atoms with Gasteiger partial charge in [0.1, 0.15) is 0 Å². The second-order valence-electron chi connectivity index (χ2n) is 7.76. The zero-order chi connectivity index (χ0) is 19.1. The summed E-state index contributed by atoms with van der Waals surface area (Å²) in [5.41, 5.74) is 2.78. The minimum Gasteiger partial charge on any atom is -0.466 e. The third-order valence-electron chi connectivity index (χ3n) is 6.59. The van der Waals surface area contributed by atoms with Gasteiger partial charge in [-0.1, -0.05) is 6.92 Å². The molecular weight excluding hydrogens is 330 g/mol. The standard InChI is InChI=1S/C20H31N3O3/c1-6-20(19(25)26-7-2)12-15-8-10-17(20)23(15)18(24)11-9-16-13(3)21-22(5)14(16)4/h15,17H,6-12H2,1-5H3/t15-,17+,20+/m1/s1. The van der Waals surface area contributed by atoms with Crippen molar-refractivity contribution in [1.29, 1.82) is 0 Å².